The van der Waals surface area contributed by atoms with E-state index in [1.54, 1.807) is 35.0 Å². The highest BCUT2D eigenvalue weighted by atomic mass is 35.5. The van der Waals surface area contributed by atoms with Crippen LogP contribution < -0.4 is 11.2 Å². The van der Waals surface area contributed by atoms with Crippen molar-refractivity contribution in [2.24, 2.45) is 5.73 Å². The van der Waals surface area contributed by atoms with Crippen LogP contribution in [0.3, 0.4) is 0 Å². The first-order valence-corrected chi connectivity index (χ1v) is 7.99. The molecule has 3 rings (SSSR count). The Morgan fingerprint density at radius 2 is 1.96 bits per heavy atom. The van der Waals surface area contributed by atoms with E-state index in [1.807, 2.05) is 25.1 Å². The molecule has 0 fully saturated rings. The molecular formula is C17H15ClN4OS. The van der Waals surface area contributed by atoms with Crippen LogP contribution >= 0.6 is 23.8 Å². The van der Waals surface area contributed by atoms with Gasteiger partial charge in [0.25, 0.3) is 0 Å². The minimum absolute atomic E-state index is 0.442. The molecule has 0 bridgehead atoms. The van der Waals surface area contributed by atoms with E-state index < -0.39 is 5.91 Å². The number of aromatic amines is 1. The van der Waals surface area contributed by atoms with Gasteiger partial charge in [-0.2, -0.15) is 0 Å². The molecule has 2 aromatic carbocycles. The number of anilines is 1. The Hall–Kier alpha value is -2.57. The van der Waals surface area contributed by atoms with E-state index in [-0.39, 0.29) is 0 Å². The molecule has 0 saturated carbocycles. The van der Waals surface area contributed by atoms with E-state index in [9.17, 15) is 4.79 Å². The number of primary amides is 1. The van der Waals surface area contributed by atoms with E-state index in [2.05, 4.69) is 10.4 Å². The summed E-state index contributed by atoms with van der Waals surface area (Å²) in [6, 6.07) is 14.4. The van der Waals surface area contributed by atoms with Gasteiger partial charge in [-0.25, -0.2) is 4.68 Å². The van der Waals surface area contributed by atoms with E-state index in [4.69, 9.17) is 29.6 Å². The topological polar surface area (TPSA) is 75.8 Å². The lowest BCUT2D eigenvalue weighted by Crippen LogP contribution is -2.12. The van der Waals surface area contributed by atoms with Crippen molar-refractivity contribution in [3.8, 4) is 11.3 Å². The predicted octanol–water partition coefficient (Wildman–Crippen LogP) is 4.15. The average molecular weight is 359 g/mol. The quantitative estimate of drug-likeness (QED) is 0.613. The van der Waals surface area contributed by atoms with Gasteiger partial charge in [0.1, 0.15) is 0 Å². The molecule has 0 atom stereocenters. The Bertz CT molecular complexity index is 959. The number of amides is 1. The van der Waals surface area contributed by atoms with Crippen molar-refractivity contribution in [2.45, 2.75) is 6.92 Å². The fourth-order valence-electron chi connectivity index (χ4n) is 2.47. The number of H-pyrrole nitrogens is 1. The Balaban J connectivity index is 2.09. The Morgan fingerprint density at radius 3 is 2.62 bits per heavy atom. The monoisotopic (exact) mass is 358 g/mol. The first-order chi connectivity index (χ1) is 11.5. The molecular weight excluding hydrogens is 344 g/mol. The smallest absolute Gasteiger partial charge is 0.248 e. The summed E-state index contributed by atoms with van der Waals surface area (Å²) < 4.78 is 2.27. The van der Waals surface area contributed by atoms with Gasteiger partial charge < -0.3 is 10.7 Å². The summed E-state index contributed by atoms with van der Waals surface area (Å²) in [5.74, 6) is -0.471. The van der Waals surface area contributed by atoms with Gasteiger partial charge in [-0.3, -0.25) is 10.2 Å². The van der Waals surface area contributed by atoms with Crippen LogP contribution in [-0.2, 0) is 0 Å². The number of rotatable bonds is 4. The minimum atomic E-state index is -0.471. The Labute approximate surface area is 149 Å². The molecule has 0 radical (unpaired) electrons. The zero-order chi connectivity index (χ0) is 17.3. The number of nitrogens with zero attached hydrogens (tertiary/aromatic N) is 1. The molecule has 4 N–H and O–H groups in total. The lowest BCUT2D eigenvalue weighted by Gasteiger charge is -2.13. The number of carbonyl (C=O) groups is 1. The molecule has 0 aliphatic heterocycles. The summed E-state index contributed by atoms with van der Waals surface area (Å²) in [7, 11) is 0. The Morgan fingerprint density at radius 1 is 1.25 bits per heavy atom. The van der Waals surface area contributed by atoms with Crippen molar-refractivity contribution in [2.75, 3.05) is 5.43 Å². The van der Waals surface area contributed by atoms with Crippen LogP contribution in [0.2, 0.25) is 5.02 Å². The molecule has 5 nitrogen and oxygen atoms in total. The highest BCUT2D eigenvalue weighted by molar-refractivity contribution is 7.71. The molecule has 1 heterocycles. The summed E-state index contributed by atoms with van der Waals surface area (Å²) in [6.45, 7) is 1.92. The lowest BCUT2D eigenvalue weighted by molar-refractivity contribution is 0.100. The van der Waals surface area contributed by atoms with Crippen LogP contribution in [0.25, 0.3) is 11.3 Å². The SMILES string of the molecule is Cc1[nH]c(=S)n(Nc2ccc(Cl)cc2)c1-c1cccc(C(N)=O)c1. The van der Waals surface area contributed by atoms with Gasteiger partial charge in [0.15, 0.2) is 4.77 Å². The van der Waals surface area contributed by atoms with Gasteiger partial charge in [-0.05, 0) is 55.5 Å². The number of carbonyl (C=O) groups excluding carboxylic acids is 1. The molecule has 24 heavy (non-hydrogen) atoms. The molecule has 0 spiro atoms. The second kappa shape index (κ2) is 6.51. The zero-order valence-corrected chi connectivity index (χ0v) is 14.4. The van der Waals surface area contributed by atoms with Gasteiger partial charge in [0, 0.05) is 21.8 Å². The van der Waals surface area contributed by atoms with Crippen molar-refractivity contribution in [3.63, 3.8) is 0 Å². The second-order valence-corrected chi connectivity index (χ2v) is 6.13. The van der Waals surface area contributed by atoms with E-state index in [1.165, 1.54) is 0 Å². The van der Waals surface area contributed by atoms with E-state index in [0.717, 1.165) is 22.6 Å². The fourth-order valence-corrected chi connectivity index (χ4v) is 2.89. The second-order valence-electron chi connectivity index (χ2n) is 5.30. The van der Waals surface area contributed by atoms with Gasteiger partial charge in [-0.1, -0.05) is 23.7 Å². The van der Waals surface area contributed by atoms with Crippen molar-refractivity contribution in [1.82, 2.24) is 9.66 Å². The first kappa shape index (κ1) is 16.3. The number of halogens is 1. The largest absolute Gasteiger partial charge is 0.366 e. The third-order valence-electron chi connectivity index (χ3n) is 3.58. The van der Waals surface area contributed by atoms with Gasteiger partial charge in [0.2, 0.25) is 5.91 Å². The van der Waals surface area contributed by atoms with Crippen molar-refractivity contribution in [1.29, 1.82) is 0 Å². The number of hydrogen-bond donors (Lipinski definition) is 3. The number of imidazole rings is 1. The number of nitrogens with one attached hydrogen (secondary N) is 2. The average Bonchev–Trinajstić information content (AvgIpc) is 2.83. The molecule has 0 unspecified atom stereocenters. The summed E-state index contributed by atoms with van der Waals surface area (Å²) in [4.78, 5) is 14.6. The first-order valence-electron chi connectivity index (χ1n) is 7.20. The third kappa shape index (κ3) is 3.20. The van der Waals surface area contributed by atoms with Gasteiger partial charge >= 0.3 is 0 Å². The van der Waals surface area contributed by atoms with Crippen molar-refractivity contribution >= 4 is 35.4 Å². The van der Waals surface area contributed by atoms with Crippen LogP contribution in [0.4, 0.5) is 5.69 Å². The van der Waals surface area contributed by atoms with Gasteiger partial charge in [0.05, 0.1) is 11.4 Å². The standard InChI is InChI=1S/C17H15ClN4OS/c1-10-15(11-3-2-4-12(9-11)16(19)23)22(17(24)20-10)21-14-7-5-13(18)6-8-14/h2-9,21H,1H3,(H2,19,23)(H,20,24). The number of hydrogen-bond acceptors (Lipinski definition) is 3. The molecule has 0 aliphatic carbocycles. The number of benzene rings is 2. The zero-order valence-electron chi connectivity index (χ0n) is 12.8. The lowest BCUT2D eigenvalue weighted by atomic mass is 10.1. The molecule has 0 saturated heterocycles. The molecule has 122 valence electrons. The van der Waals surface area contributed by atoms with E-state index >= 15 is 0 Å². The molecule has 0 aliphatic rings. The maximum Gasteiger partial charge on any atom is 0.248 e. The predicted molar refractivity (Wildman–Crippen MR) is 98.8 cm³/mol. The van der Waals surface area contributed by atoms with Crippen LogP contribution in [0.5, 0.6) is 0 Å². The normalized spacial score (nSPS) is 10.6. The summed E-state index contributed by atoms with van der Waals surface area (Å²) >= 11 is 11.3. The Kier molecular flexibility index (Phi) is 4.42. The number of aryl methyl sites for hydroxylation is 1. The van der Waals surface area contributed by atoms with Crippen LogP contribution in [0.1, 0.15) is 16.1 Å². The fraction of sp³-hybridized carbons (Fsp3) is 0.0588. The highest BCUT2D eigenvalue weighted by Gasteiger charge is 2.13. The number of aromatic nitrogens is 2. The molecule has 7 heteroatoms. The number of nitrogens with two attached hydrogens (primary N) is 1. The molecule has 3 aromatic rings. The van der Waals surface area contributed by atoms with Crippen molar-refractivity contribution < 1.29 is 4.79 Å². The molecule has 1 amide bonds. The summed E-state index contributed by atoms with van der Waals surface area (Å²) in [6.07, 6.45) is 0. The third-order valence-corrected chi connectivity index (χ3v) is 4.12. The summed E-state index contributed by atoms with van der Waals surface area (Å²) in [5.41, 5.74) is 12.4. The maximum absolute atomic E-state index is 11.4. The minimum Gasteiger partial charge on any atom is -0.366 e. The van der Waals surface area contributed by atoms with Gasteiger partial charge in [-0.15, -0.1) is 0 Å². The van der Waals surface area contributed by atoms with E-state index in [0.29, 0.717) is 15.4 Å². The van der Waals surface area contributed by atoms with Crippen molar-refractivity contribution in [3.05, 3.63) is 69.6 Å². The van der Waals surface area contributed by atoms with Crippen LogP contribution in [-0.4, -0.2) is 15.6 Å². The molecule has 1 aromatic heterocycles. The summed E-state index contributed by atoms with van der Waals surface area (Å²) in [5, 5.41) is 0.656. The maximum atomic E-state index is 11.4. The van der Waals surface area contributed by atoms with Crippen LogP contribution in [0, 0.1) is 11.7 Å². The highest BCUT2D eigenvalue weighted by Crippen LogP contribution is 2.25. The van der Waals surface area contributed by atoms with Crippen LogP contribution in [0.15, 0.2) is 48.5 Å².